The zero-order chi connectivity index (χ0) is 14.5. The van der Waals surface area contributed by atoms with E-state index >= 15 is 0 Å². The van der Waals surface area contributed by atoms with Gasteiger partial charge in [-0.05, 0) is 29.5 Å². The normalized spacial score (nSPS) is 10.7. The van der Waals surface area contributed by atoms with Gasteiger partial charge in [-0.15, -0.1) is 0 Å². The molecular weight excluding hydrogens is 250 g/mol. The summed E-state index contributed by atoms with van der Waals surface area (Å²) in [5.74, 6) is 1.54. The Balaban J connectivity index is 2.46. The molecule has 2 rings (SSSR count). The Morgan fingerprint density at radius 1 is 1.35 bits per heavy atom. The van der Waals surface area contributed by atoms with Gasteiger partial charge in [-0.2, -0.15) is 5.26 Å². The Morgan fingerprint density at radius 2 is 2.15 bits per heavy atom. The van der Waals surface area contributed by atoms with Crippen LogP contribution in [0.5, 0.6) is 5.75 Å². The van der Waals surface area contributed by atoms with Crippen LogP contribution in [0.25, 0.3) is 10.8 Å². The van der Waals surface area contributed by atoms with Crippen molar-refractivity contribution < 1.29 is 5.11 Å². The van der Waals surface area contributed by atoms with Gasteiger partial charge in [-0.25, -0.2) is 4.98 Å². The number of hydrogen-bond acceptors (Lipinski definition) is 4. The molecule has 0 unspecified atom stereocenters. The maximum atomic E-state index is 9.70. The third-order valence-corrected chi connectivity index (χ3v) is 3.11. The predicted molar refractivity (Wildman–Crippen MR) is 80.7 cm³/mol. The summed E-state index contributed by atoms with van der Waals surface area (Å²) < 4.78 is 0. The van der Waals surface area contributed by atoms with Crippen molar-refractivity contribution >= 4 is 16.6 Å². The van der Waals surface area contributed by atoms with Crippen molar-refractivity contribution in [1.82, 2.24) is 4.98 Å². The molecule has 1 heterocycles. The summed E-state index contributed by atoms with van der Waals surface area (Å²) in [6, 6.07) is 9.40. The van der Waals surface area contributed by atoms with Crippen LogP contribution >= 0.6 is 0 Å². The minimum atomic E-state index is 0.233. The highest BCUT2D eigenvalue weighted by Crippen LogP contribution is 2.28. The van der Waals surface area contributed by atoms with Crippen LogP contribution in [-0.4, -0.2) is 23.2 Å². The fraction of sp³-hybridized carbons (Fsp3) is 0.375. The average Bonchev–Trinajstić information content (AvgIpc) is 2.42. The highest BCUT2D eigenvalue weighted by molar-refractivity contribution is 5.93. The summed E-state index contributed by atoms with van der Waals surface area (Å²) in [7, 11) is 0. The van der Waals surface area contributed by atoms with Gasteiger partial charge in [0.05, 0.1) is 12.5 Å². The number of aromatic nitrogens is 1. The monoisotopic (exact) mass is 269 g/mol. The Kier molecular flexibility index (Phi) is 4.41. The number of anilines is 1. The third kappa shape index (κ3) is 3.18. The van der Waals surface area contributed by atoms with Crippen LogP contribution in [0.1, 0.15) is 20.3 Å². The summed E-state index contributed by atoms with van der Waals surface area (Å²) in [6.45, 7) is 5.77. The Bertz CT molecular complexity index is 631. The van der Waals surface area contributed by atoms with E-state index in [1.54, 1.807) is 18.3 Å². The lowest BCUT2D eigenvalue weighted by Gasteiger charge is -2.26. The maximum absolute atomic E-state index is 9.70. The number of hydrogen-bond donors (Lipinski definition) is 1. The van der Waals surface area contributed by atoms with E-state index in [1.165, 1.54) is 0 Å². The van der Waals surface area contributed by atoms with Crippen LogP contribution in [0.15, 0.2) is 30.5 Å². The fourth-order valence-corrected chi connectivity index (χ4v) is 2.30. The van der Waals surface area contributed by atoms with Gasteiger partial charge in [0.25, 0.3) is 0 Å². The number of aromatic hydroxyl groups is 1. The third-order valence-electron chi connectivity index (χ3n) is 3.11. The number of nitrogens with zero attached hydrogens (tertiary/aromatic N) is 3. The Morgan fingerprint density at radius 3 is 2.85 bits per heavy atom. The molecular formula is C16H19N3O. The number of pyridine rings is 1. The van der Waals surface area contributed by atoms with Crippen molar-refractivity contribution in [3.63, 3.8) is 0 Å². The van der Waals surface area contributed by atoms with Crippen LogP contribution in [0.3, 0.4) is 0 Å². The van der Waals surface area contributed by atoms with Crippen LogP contribution in [-0.2, 0) is 0 Å². The molecule has 0 saturated heterocycles. The summed E-state index contributed by atoms with van der Waals surface area (Å²) in [4.78, 5) is 6.58. The van der Waals surface area contributed by atoms with Crippen molar-refractivity contribution in [2.45, 2.75) is 20.3 Å². The molecule has 1 aromatic carbocycles. The number of nitriles is 1. The quantitative estimate of drug-likeness (QED) is 0.904. The zero-order valence-electron chi connectivity index (χ0n) is 11.9. The lowest BCUT2D eigenvalue weighted by atomic mass is 10.1. The van der Waals surface area contributed by atoms with Crippen LogP contribution in [0.4, 0.5) is 5.82 Å². The van der Waals surface area contributed by atoms with E-state index in [0.717, 1.165) is 23.1 Å². The van der Waals surface area contributed by atoms with Crippen molar-refractivity contribution in [2.75, 3.05) is 18.0 Å². The minimum absolute atomic E-state index is 0.233. The molecule has 0 aliphatic rings. The first-order valence-electron chi connectivity index (χ1n) is 6.81. The van der Waals surface area contributed by atoms with Crippen LogP contribution in [0.2, 0.25) is 0 Å². The second kappa shape index (κ2) is 6.25. The molecule has 0 fully saturated rings. The SMILES string of the molecule is CC(C)CN(CCC#N)c1nccc2ccc(O)cc12. The highest BCUT2D eigenvalue weighted by atomic mass is 16.3. The van der Waals surface area contributed by atoms with E-state index in [0.29, 0.717) is 18.9 Å². The summed E-state index contributed by atoms with van der Waals surface area (Å²) >= 11 is 0. The molecule has 0 saturated carbocycles. The Hall–Kier alpha value is -2.28. The average molecular weight is 269 g/mol. The van der Waals surface area contributed by atoms with Crippen molar-refractivity contribution in [2.24, 2.45) is 5.92 Å². The first kappa shape index (κ1) is 14.1. The van der Waals surface area contributed by atoms with E-state index in [2.05, 4.69) is 29.8 Å². The van der Waals surface area contributed by atoms with Gasteiger partial charge in [-0.3, -0.25) is 0 Å². The molecule has 0 bridgehead atoms. The molecule has 20 heavy (non-hydrogen) atoms. The van der Waals surface area contributed by atoms with E-state index in [1.807, 2.05) is 12.1 Å². The first-order chi connectivity index (χ1) is 9.61. The second-order valence-corrected chi connectivity index (χ2v) is 5.29. The van der Waals surface area contributed by atoms with E-state index < -0.39 is 0 Å². The van der Waals surface area contributed by atoms with Crippen molar-refractivity contribution in [1.29, 1.82) is 5.26 Å². The number of phenols is 1. The number of benzene rings is 1. The Labute approximate surface area is 119 Å². The minimum Gasteiger partial charge on any atom is -0.508 e. The van der Waals surface area contributed by atoms with Crippen LogP contribution in [0, 0.1) is 17.2 Å². The summed E-state index contributed by atoms with van der Waals surface area (Å²) in [6.07, 6.45) is 2.23. The summed E-state index contributed by atoms with van der Waals surface area (Å²) in [5.41, 5.74) is 0. The van der Waals surface area contributed by atoms with Gasteiger partial charge in [0.15, 0.2) is 0 Å². The van der Waals surface area contributed by atoms with Crippen molar-refractivity contribution in [3.05, 3.63) is 30.5 Å². The smallest absolute Gasteiger partial charge is 0.136 e. The van der Waals surface area contributed by atoms with E-state index in [-0.39, 0.29) is 5.75 Å². The molecule has 0 amide bonds. The molecule has 0 atom stereocenters. The standard InChI is InChI=1S/C16H19N3O/c1-12(2)11-19(9-3-7-17)16-15-10-14(20)5-4-13(15)6-8-18-16/h4-6,8,10,12,20H,3,9,11H2,1-2H3. The van der Waals surface area contributed by atoms with Gasteiger partial charge in [0, 0.05) is 24.7 Å². The molecule has 0 spiro atoms. The van der Waals surface area contributed by atoms with E-state index in [9.17, 15) is 5.11 Å². The second-order valence-electron chi connectivity index (χ2n) is 5.29. The molecule has 4 heteroatoms. The predicted octanol–water partition coefficient (Wildman–Crippen LogP) is 3.32. The topological polar surface area (TPSA) is 60.2 Å². The molecule has 0 radical (unpaired) electrons. The molecule has 2 aromatic rings. The van der Waals surface area contributed by atoms with Crippen molar-refractivity contribution in [3.8, 4) is 11.8 Å². The first-order valence-corrected chi connectivity index (χ1v) is 6.81. The number of phenolic OH excluding ortho intramolecular Hbond substituents is 1. The van der Waals surface area contributed by atoms with E-state index in [4.69, 9.17) is 5.26 Å². The lowest BCUT2D eigenvalue weighted by Crippen LogP contribution is -2.29. The zero-order valence-corrected chi connectivity index (χ0v) is 11.9. The lowest BCUT2D eigenvalue weighted by molar-refractivity contribution is 0.476. The molecule has 0 aliphatic carbocycles. The summed E-state index contributed by atoms with van der Waals surface area (Å²) in [5, 5.41) is 20.5. The largest absolute Gasteiger partial charge is 0.508 e. The number of rotatable bonds is 5. The maximum Gasteiger partial charge on any atom is 0.136 e. The van der Waals surface area contributed by atoms with Gasteiger partial charge < -0.3 is 10.0 Å². The van der Waals surface area contributed by atoms with Gasteiger partial charge in [-0.1, -0.05) is 19.9 Å². The van der Waals surface area contributed by atoms with Gasteiger partial charge >= 0.3 is 0 Å². The van der Waals surface area contributed by atoms with Crippen LogP contribution < -0.4 is 4.90 Å². The molecule has 1 N–H and O–H groups in total. The molecule has 0 aliphatic heterocycles. The molecule has 4 nitrogen and oxygen atoms in total. The van der Waals surface area contributed by atoms with Gasteiger partial charge in [0.2, 0.25) is 0 Å². The van der Waals surface area contributed by atoms with Gasteiger partial charge in [0.1, 0.15) is 11.6 Å². The molecule has 1 aromatic heterocycles. The fourth-order valence-electron chi connectivity index (χ4n) is 2.30. The molecule has 104 valence electrons. The number of fused-ring (bicyclic) bond motifs is 1. The highest BCUT2D eigenvalue weighted by Gasteiger charge is 2.13.